The zero-order chi connectivity index (χ0) is 42.5. The molecule has 2 saturated carbocycles. The molecule has 1 saturated heterocycles. The van der Waals surface area contributed by atoms with E-state index in [0.29, 0.717) is 108 Å². The lowest BCUT2D eigenvalue weighted by Gasteiger charge is -2.31. The smallest absolute Gasteiger partial charge is 0.253 e. The van der Waals surface area contributed by atoms with Gasteiger partial charge in [0, 0.05) is 83.3 Å². The molecule has 2 heterocycles. The van der Waals surface area contributed by atoms with Crippen LogP contribution >= 0.6 is 24.4 Å². The summed E-state index contributed by atoms with van der Waals surface area (Å²) < 4.78 is 20.4. The quantitative estimate of drug-likeness (QED) is 0.0532. The van der Waals surface area contributed by atoms with Crippen LogP contribution in [-0.4, -0.2) is 165 Å². The third-order valence-electron chi connectivity index (χ3n) is 10.3. The fourth-order valence-electron chi connectivity index (χ4n) is 7.32. The normalized spacial score (nSPS) is 23.0. The van der Waals surface area contributed by atoms with E-state index < -0.39 is 0 Å². The van der Waals surface area contributed by atoms with Crippen LogP contribution in [0.1, 0.15) is 70.6 Å². The number of nitrogens with one attached hydrogen (secondary N) is 2. The molecule has 0 bridgehead atoms. The predicted octanol–water partition coefficient (Wildman–Crippen LogP) is 1.61. The number of thiol groups is 1. The molecule has 0 aromatic rings. The standard InChI is InChI=1S/C20H34N2O6S.C18H28N2O5.C2H6OS/c1-27-8-9-28-7-5-18(24)21-13-15-3-2-4-16(11-15)14-22-19(25)12-17(20(22)26)29-10-6-23;1-24-9-10-25-8-7-16(21)19-12-14-3-2-4-15(11-14)13-20-17(22)5-6-18(20)23;3-1-2-4/h15-17,23H,2-14H2,1H3,(H,21,24);5-6,14-15H,2-4,7-13H2,1H3,(H,19,21);3-4H,1-2H2. The molecule has 6 amide bonds. The second kappa shape index (κ2) is 31.3. The fraction of sp³-hybridized carbons (Fsp3) is 0.800. The summed E-state index contributed by atoms with van der Waals surface area (Å²) in [4.78, 5) is 74.6. The zero-order valence-electron chi connectivity index (χ0n) is 34.4. The molecule has 332 valence electrons. The molecule has 58 heavy (non-hydrogen) atoms. The van der Waals surface area contributed by atoms with Crippen LogP contribution in [0.15, 0.2) is 12.2 Å². The third-order valence-corrected chi connectivity index (χ3v) is 11.7. The number of hydrogen-bond donors (Lipinski definition) is 5. The van der Waals surface area contributed by atoms with Gasteiger partial charge in [-0.1, -0.05) is 12.8 Å². The van der Waals surface area contributed by atoms with E-state index in [1.807, 2.05) is 0 Å². The van der Waals surface area contributed by atoms with E-state index in [0.717, 1.165) is 51.4 Å². The lowest BCUT2D eigenvalue weighted by molar-refractivity contribution is -0.140. The van der Waals surface area contributed by atoms with Crippen LogP contribution in [0.25, 0.3) is 0 Å². The molecule has 5 atom stereocenters. The van der Waals surface area contributed by atoms with Crippen molar-refractivity contribution in [1.82, 2.24) is 20.4 Å². The van der Waals surface area contributed by atoms with Gasteiger partial charge in [-0.25, -0.2) is 0 Å². The van der Waals surface area contributed by atoms with E-state index in [4.69, 9.17) is 29.2 Å². The molecule has 0 radical (unpaired) electrons. The first kappa shape index (κ1) is 51.6. The molecule has 4 rings (SSSR count). The number of carbonyl (C=O) groups excluding carboxylic acids is 6. The molecular formula is C40H68N4O12S2. The second-order valence-corrected chi connectivity index (χ2v) is 16.6. The number of hydrogen-bond acceptors (Lipinski definition) is 14. The average Bonchev–Trinajstić information content (AvgIpc) is 3.69. The van der Waals surface area contributed by atoms with Crippen molar-refractivity contribution in [2.45, 2.75) is 75.9 Å². The first-order valence-electron chi connectivity index (χ1n) is 20.5. The van der Waals surface area contributed by atoms with Gasteiger partial charge in [-0.3, -0.25) is 38.6 Å². The van der Waals surface area contributed by atoms with Gasteiger partial charge in [0.25, 0.3) is 11.8 Å². The third kappa shape index (κ3) is 21.1. The Labute approximate surface area is 353 Å². The van der Waals surface area contributed by atoms with Crippen LogP contribution < -0.4 is 10.6 Å². The van der Waals surface area contributed by atoms with Crippen molar-refractivity contribution in [2.24, 2.45) is 23.7 Å². The maximum Gasteiger partial charge on any atom is 0.253 e. The first-order valence-corrected chi connectivity index (χ1v) is 22.2. The number of rotatable bonds is 24. The Hall–Kier alpha value is -2.58. The summed E-state index contributed by atoms with van der Waals surface area (Å²) in [7, 11) is 3.22. The average molecular weight is 861 g/mol. The first-order chi connectivity index (χ1) is 28.1. The van der Waals surface area contributed by atoms with Crippen molar-refractivity contribution < 1.29 is 57.9 Å². The number of methoxy groups -OCH3 is 2. The number of aliphatic hydroxyl groups is 2. The van der Waals surface area contributed by atoms with E-state index in [9.17, 15) is 28.8 Å². The number of carbonyl (C=O) groups is 6. The maximum absolute atomic E-state index is 12.5. The topological polar surface area (TPSA) is 210 Å². The summed E-state index contributed by atoms with van der Waals surface area (Å²) in [5.41, 5.74) is 0. The number of likely N-dealkylation sites (tertiary alicyclic amines) is 1. The molecule has 3 fully saturated rings. The fourth-order valence-corrected chi connectivity index (χ4v) is 8.24. The summed E-state index contributed by atoms with van der Waals surface area (Å²) in [6, 6.07) is 0. The van der Waals surface area contributed by atoms with E-state index in [1.165, 1.54) is 33.7 Å². The van der Waals surface area contributed by atoms with Gasteiger partial charge in [0.1, 0.15) is 0 Å². The Balaban J connectivity index is 0.000000369. The number of imide groups is 2. The number of ether oxygens (including phenoxy) is 4. The SMILES string of the molecule is COCCOCCC(=O)NCC1CCCC(CN2C(=O)C=CC2=O)C1.COCCOCCC(=O)NCC1CCCC(CN2C(=O)CC(SCCO)C2=O)C1.OCCS. The summed E-state index contributed by atoms with van der Waals surface area (Å²) >= 11 is 5.03. The van der Waals surface area contributed by atoms with Gasteiger partial charge in [0.15, 0.2) is 0 Å². The van der Waals surface area contributed by atoms with Gasteiger partial charge in [0.2, 0.25) is 23.6 Å². The van der Waals surface area contributed by atoms with E-state index in [2.05, 4.69) is 23.3 Å². The molecule has 4 N–H and O–H groups in total. The number of amides is 6. The Morgan fingerprint density at radius 1 is 0.724 bits per heavy atom. The number of aliphatic hydroxyl groups excluding tert-OH is 2. The van der Waals surface area contributed by atoms with Gasteiger partial charge in [0.05, 0.1) is 58.1 Å². The minimum atomic E-state index is -0.348. The van der Waals surface area contributed by atoms with Crippen molar-refractivity contribution in [3.8, 4) is 0 Å². The second-order valence-electron chi connectivity index (χ2n) is 14.8. The molecule has 5 unspecified atom stereocenters. The lowest BCUT2D eigenvalue weighted by atomic mass is 9.81. The van der Waals surface area contributed by atoms with Crippen molar-refractivity contribution >= 4 is 59.8 Å². The Kier molecular flexibility index (Phi) is 27.8. The van der Waals surface area contributed by atoms with Gasteiger partial charge in [-0.2, -0.15) is 12.6 Å². The number of thioether (sulfide) groups is 1. The van der Waals surface area contributed by atoms with Crippen molar-refractivity contribution in [1.29, 1.82) is 0 Å². The molecule has 0 spiro atoms. The molecule has 18 heteroatoms. The Morgan fingerprint density at radius 3 is 1.64 bits per heavy atom. The highest BCUT2D eigenvalue weighted by Gasteiger charge is 2.40. The highest BCUT2D eigenvalue weighted by Crippen LogP contribution is 2.33. The monoisotopic (exact) mass is 860 g/mol. The molecule has 2 aliphatic heterocycles. The molecular weight excluding hydrogens is 793 g/mol. The van der Waals surface area contributed by atoms with E-state index >= 15 is 0 Å². The minimum absolute atomic E-state index is 0.00589. The van der Waals surface area contributed by atoms with Crippen LogP contribution in [0.4, 0.5) is 0 Å². The van der Waals surface area contributed by atoms with Crippen LogP contribution in [0.5, 0.6) is 0 Å². The van der Waals surface area contributed by atoms with Crippen LogP contribution in [-0.2, 0) is 47.7 Å². The Morgan fingerprint density at radius 2 is 1.19 bits per heavy atom. The lowest BCUT2D eigenvalue weighted by Crippen LogP contribution is -2.39. The van der Waals surface area contributed by atoms with Crippen molar-refractivity contribution in [3.05, 3.63) is 12.2 Å². The van der Waals surface area contributed by atoms with Gasteiger partial charge >= 0.3 is 0 Å². The van der Waals surface area contributed by atoms with E-state index in [1.54, 1.807) is 14.2 Å². The zero-order valence-corrected chi connectivity index (χ0v) is 36.2. The van der Waals surface area contributed by atoms with Crippen molar-refractivity contribution in [2.75, 3.05) is 105 Å². The molecule has 0 aromatic heterocycles. The summed E-state index contributed by atoms with van der Waals surface area (Å²) in [6.45, 7) is 5.26. The van der Waals surface area contributed by atoms with Gasteiger partial charge < -0.3 is 39.8 Å². The Bertz CT molecular complexity index is 1260. The highest BCUT2D eigenvalue weighted by molar-refractivity contribution is 8.00. The van der Waals surface area contributed by atoms with Gasteiger partial charge in [-0.05, 0) is 62.2 Å². The molecule has 0 aromatic carbocycles. The maximum atomic E-state index is 12.5. The molecule has 16 nitrogen and oxygen atoms in total. The number of nitrogens with zero attached hydrogens (tertiary/aromatic N) is 2. The van der Waals surface area contributed by atoms with E-state index in [-0.39, 0.29) is 66.2 Å². The van der Waals surface area contributed by atoms with Crippen molar-refractivity contribution in [3.63, 3.8) is 0 Å². The predicted molar refractivity (Wildman–Crippen MR) is 223 cm³/mol. The molecule has 4 aliphatic rings. The summed E-state index contributed by atoms with van der Waals surface area (Å²) in [5.74, 6) is 1.76. The van der Waals surface area contributed by atoms with Crippen LogP contribution in [0.2, 0.25) is 0 Å². The van der Waals surface area contributed by atoms with Gasteiger partial charge in [-0.15, -0.1) is 11.8 Å². The summed E-state index contributed by atoms with van der Waals surface area (Å²) in [5, 5.41) is 22.3. The minimum Gasteiger partial charge on any atom is -0.396 e. The molecule has 2 aliphatic carbocycles. The van der Waals surface area contributed by atoms with Crippen LogP contribution in [0, 0.1) is 23.7 Å². The largest absolute Gasteiger partial charge is 0.396 e. The highest BCUT2D eigenvalue weighted by atomic mass is 32.2. The summed E-state index contributed by atoms with van der Waals surface area (Å²) in [6.07, 6.45) is 11.7. The van der Waals surface area contributed by atoms with Crippen LogP contribution in [0.3, 0.4) is 0 Å².